The highest BCUT2D eigenvalue weighted by molar-refractivity contribution is 5.58. The highest BCUT2D eigenvalue weighted by atomic mass is 19.1. The fourth-order valence-corrected chi connectivity index (χ4v) is 4.02. The van der Waals surface area contributed by atoms with Crippen molar-refractivity contribution in [2.24, 2.45) is 5.92 Å². The molecule has 0 radical (unpaired) electrons. The molecule has 0 aromatic heterocycles. The summed E-state index contributed by atoms with van der Waals surface area (Å²) in [7, 11) is 0. The molecule has 1 saturated heterocycles. The third kappa shape index (κ3) is 3.13. The number of hydrogen-bond acceptors (Lipinski definition) is 3. The van der Waals surface area contributed by atoms with E-state index in [-0.39, 0.29) is 35.4 Å². The first kappa shape index (κ1) is 16.8. The number of allylic oxidation sites excluding steroid dienone is 3. The van der Waals surface area contributed by atoms with Crippen molar-refractivity contribution in [3.63, 3.8) is 0 Å². The molecule has 0 saturated carbocycles. The number of rotatable bonds is 1. The third-order valence-electron chi connectivity index (χ3n) is 5.41. The predicted octanol–water partition coefficient (Wildman–Crippen LogP) is 4.66. The zero-order chi connectivity index (χ0) is 17.6. The monoisotopic (exact) mass is 343 g/mol. The van der Waals surface area contributed by atoms with Gasteiger partial charge in [0.05, 0.1) is 19.3 Å². The third-order valence-corrected chi connectivity index (χ3v) is 5.41. The van der Waals surface area contributed by atoms with Crippen molar-refractivity contribution in [2.45, 2.75) is 50.9 Å². The van der Waals surface area contributed by atoms with Gasteiger partial charge >= 0.3 is 0 Å². The van der Waals surface area contributed by atoms with Gasteiger partial charge in [-0.15, -0.1) is 0 Å². The van der Waals surface area contributed by atoms with Crippen LogP contribution in [0.2, 0.25) is 0 Å². The van der Waals surface area contributed by atoms with Gasteiger partial charge in [0.2, 0.25) is 0 Å². The molecular formula is C21H26FNO2. The van der Waals surface area contributed by atoms with Crippen LogP contribution in [0.3, 0.4) is 0 Å². The van der Waals surface area contributed by atoms with Crippen molar-refractivity contribution in [3.8, 4) is 0 Å². The van der Waals surface area contributed by atoms with E-state index < -0.39 is 0 Å². The normalized spacial score (nSPS) is 31.6. The van der Waals surface area contributed by atoms with Gasteiger partial charge < -0.3 is 14.8 Å². The lowest BCUT2D eigenvalue weighted by atomic mass is 9.79. The molecule has 1 aromatic rings. The van der Waals surface area contributed by atoms with Crippen LogP contribution in [0.15, 0.2) is 42.3 Å². The molecule has 2 heterocycles. The van der Waals surface area contributed by atoms with Crippen LogP contribution < -0.4 is 5.32 Å². The van der Waals surface area contributed by atoms with Gasteiger partial charge in [-0.3, -0.25) is 0 Å². The Bertz CT molecular complexity index is 719. The molecule has 1 fully saturated rings. The molecule has 134 valence electrons. The summed E-state index contributed by atoms with van der Waals surface area (Å²) in [5.41, 5.74) is 3.60. The van der Waals surface area contributed by atoms with E-state index in [0.717, 1.165) is 17.7 Å². The number of hydrogen-bond donors (Lipinski definition) is 1. The first-order valence-electron chi connectivity index (χ1n) is 9.11. The first-order valence-corrected chi connectivity index (χ1v) is 9.11. The summed E-state index contributed by atoms with van der Waals surface area (Å²) in [6.07, 6.45) is 5.77. The van der Waals surface area contributed by atoms with Crippen molar-refractivity contribution in [1.82, 2.24) is 0 Å². The number of ether oxygens (including phenoxy) is 2. The zero-order valence-electron chi connectivity index (χ0n) is 15.1. The van der Waals surface area contributed by atoms with Crippen LogP contribution in [-0.2, 0) is 14.9 Å². The fraction of sp³-hybridized carbons (Fsp3) is 0.524. The highest BCUT2D eigenvalue weighted by Crippen LogP contribution is 2.43. The second-order valence-electron chi connectivity index (χ2n) is 8.20. The van der Waals surface area contributed by atoms with Gasteiger partial charge in [0.15, 0.2) is 0 Å². The lowest BCUT2D eigenvalue weighted by Crippen LogP contribution is -2.51. The van der Waals surface area contributed by atoms with Gasteiger partial charge in [0, 0.05) is 17.2 Å². The van der Waals surface area contributed by atoms with E-state index in [9.17, 15) is 4.39 Å². The summed E-state index contributed by atoms with van der Waals surface area (Å²) < 4.78 is 26.0. The Morgan fingerprint density at radius 3 is 2.72 bits per heavy atom. The van der Waals surface area contributed by atoms with Gasteiger partial charge in [-0.05, 0) is 35.6 Å². The number of benzene rings is 1. The molecule has 3 nitrogen and oxygen atoms in total. The standard InChI is InChI=1S/C21H26FNO2/c1-21(2,3)14-7-8-17-16(12-14)19-20(25-10-9-24-19)18(23-17)13-5-4-6-15(22)11-13/h4,6-8,11-13,18-20,23H,5,9-10H2,1-3H3/t13?,18-,19+,20-/m1/s1. The molecule has 0 bridgehead atoms. The molecule has 1 N–H and O–H groups in total. The largest absolute Gasteiger partial charge is 0.379 e. The van der Waals surface area contributed by atoms with Crippen molar-refractivity contribution in [1.29, 1.82) is 0 Å². The van der Waals surface area contributed by atoms with Crippen LogP contribution in [0.1, 0.15) is 44.4 Å². The SMILES string of the molecule is CC(C)(C)c1ccc2c(c1)[C@@H]1OCCO[C@@H]1[C@@H](C1C=C(F)C=CC1)N2. The van der Waals surface area contributed by atoms with Crippen LogP contribution in [-0.4, -0.2) is 25.4 Å². The first-order chi connectivity index (χ1) is 11.9. The average molecular weight is 343 g/mol. The van der Waals surface area contributed by atoms with E-state index in [1.807, 2.05) is 6.08 Å². The fourth-order valence-electron chi connectivity index (χ4n) is 4.02. The Morgan fingerprint density at radius 1 is 1.16 bits per heavy atom. The average Bonchev–Trinajstić information content (AvgIpc) is 2.60. The van der Waals surface area contributed by atoms with E-state index in [1.54, 1.807) is 12.2 Å². The van der Waals surface area contributed by atoms with E-state index in [4.69, 9.17) is 9.47 Å². The Hall–Kier alpha value is -1.65. The van der Waals surface area contributed by atoms with Gasteiger partial charge in [-0.2, -0.15) is 0 Å². The van der Waals surface area contributed by atoms with Crippen molar-refractivity contribution in [3.05, 3.63) is 53.4 Å². The van der Waals surface area contributed by atoms with Gasteiger partial charge in [0.1, 0.15) is 18.0 Å². The maximum atomic E-state index is 13.8. The molecule has 25 heavy (non-hydrogen) atoms. The minimum atomic E-state index is -0.166. The van der Waals surface area contributed by atoms with E-state index in [0.29, 0.717) is 13.2 Å². The molecule has 0 spiro atoms. The second kappa shape index (κ2) is 6.26. The molecule has 3 aliphatic rings. The lowest BCUT2D eigenvalue weighted by Gasteiger charge is -2.45. The molecule has 0 amide bonds. The summed E-state index contributed by atoms with van der Waals surface area (Å²) in [6.45, 7) is 7.83. The van der Waals surface area contributed by atoms with Crippen molar-refractivity contribution < 1.29 is 13.9 Å². The summed E-state index contributed by atoms with van der Waals surface area (Å²) in [6, 6.07) is 6.55. The summed E-state index contributed by atoms with van der Waals surface area (Å²) in [4.78, 5) is 0. The van der Waals surface area contributed by atoms with Gasteiger partial charge in [0.25, 0.3) is 0 Å². The van der Waals surface area contributed by atoms with E-state index >= 15 is 0 Å². The Labute approximate surface area is 148 Å². The summed E-state index contributed by atoms with van der Waals surface area (Å²) in [5.74, 6) is -0.102. The maximum absolute atomic E-state index is 13.8. The smallest absolute Gasteiger partial charge is 0.119 e. The van der Waals surface area contributed by atoms with Crippen LogP contribution in [0, 0.1) is 5.92 Å². The maximum Gasteiger partial charge on any atom is 0.119 e. The molecule has 4 heteroatoms. The summed E-state index contributed by atoms with van der Waals surface area (Å²) >= 11 is 0. The second-order valence-corrected chi connectivity index (χ2v) is 8.20. The molecule has 1 aliphatic carbocycles. The van der Waals surface area contributed by atoms with E-state index in [2.05, 4.69) is 44.3 Å². The number of fused-ring (bicyclic) bond motifs is 3. The van der Waals surface area contributed by atoms with Gasteiger partial charge in [-0.1, -0.05) is 39.0 Å². The Balaban J connectivity index is 1.72. The minimum Gasteiger partial charge on any atom is -0.379 e. The van der Waals surface area contributed by atoms with Crippen LogP contribution in [0.4, 0.5) is 10.1 Å². The van der Waals surface area contributed by atoms with Crippen LogP contribution in [0.5, 0.6) is 0 Å². The van der Waals surface area contributed by atoms with Crippen molar-refractivity contribution >= 4 is 5.69 Å². The van der Waals surface area contributed by atoms with E-state index in [1.165, 1.54) is 5.56 Å². The number of anilines is 1. The Kier molecular flexibility index (Phi) is 4.20. The molecule has 1 unspecified atom stereocenters. The topological polar surface area (TPSA) is 30.5 Å². The molecule has 4 atom stereocenters. The molecule has 4 rings (SSSR count). The van der Waals surface area contributed by atoms with Gasteiger partial charge in [-0.25, -0.2) is 4.39 Å². The highest BCUT2D eigenvalue weighted by Gasteiger charge is 2.43. The number of nitrogens with one attached hydrogen (secondary N) is 1. The quantitative estimate of drug-likeness (QED) is 0.804. The predicted molar refractivity (Wildman–Crippen MR) is 97.4 cm³/mol. The van der Waals surface area contributed by atoms with Crippen LogP contribution >= 0.6 is 0 Å². The lowest BCUT2D eigenvalue weighted by molar-refractivity contribution is -0.153. The Morgan fingerprint density at radius 2 is 1.96 bits per heavy atom. The summed E-state index contributed by atoms with van der Waals surface area (Å²) in [5, 5.41) is 3.61. The number of halogens is 1. The molecule has 2 aliphatic heterocycles. The van der Waals surface area contributed by atoms with Crippen LogP contribution in [0.25, 0.3) is 0 Å². The van der Waals surface area contributed by atoms with Crippen molar-refractivity contribution in [2.75, 3.05) is 18.5 Å². The minimum absolute atomic E-state index is 0.00832. The zero-order valence-corrected chi connectivity index (χ0v) is 15.1. The molecule has 1 aromatic carbocycles. The molecular weight excluding hydrogens is 317 g/mol.